The molecule has 11 nitrogen and oxygen atoms in total. The van der Waals surface area contributed by atoms with Crippen molar-refractivity contribution in [3.8, 4) is 0 Å². The molecule has 2 heterocycles. The molecule has 1 aliphatic heterocycles. The smallest absolute Gasteiger partial charge is 0.407 e. The molecule has 0 saturated carbocycles. The molecule has 1 aromatic heterocycles. The van der Waals surface area contributed by atoms with E-state index in [0.717, 1.165) is 10.8 Å². The Bertz CT molecular complexity index is 765. The van der Waals surface area contributed by atoms with Crippen LogP contribution < -0.4 is 16.6 Å². The summed E-state index contributed by atoms with van der Waals surface area (Å²) in [6, 6.07) is 0. The predicted octanol–water partition coefficient (Wildman–Crippen LogP) is -1.83. The van der Waals surface area contributed by atoms with E-state index in [-0.39, 0.29) is 12.1 Å². The molecule has 4 atom stereocenters. The summed E-state index contributed by atoms with van der Waals surface area (Å²) >= 11 is 0. The fourth-order valence-corrected chi connectivity index (χ4v) is 2.43. The lowest BCUT2D eigenvalue weighted by Crippen LogP contribution is -2.40. The molecular weight excluding hydrogens is 350 g/mol. The van der Waals surface area contributed by atoms with Crippen LogP contribution in [0.2, 0.25) is 0 Å². The van der Waals surface area contributed by atoms with Crippen LogP contribution in [0.25, 0.3) is 0 Å². The van der Waals surface area contributed by atoms with Crippen LogP contribution in [0.4, 0.5) is 4.79 Å². The first-order valence-corrected chi connectivity index (χ1v) is 7.97. The lowest BCUT2D eigenvalue weighted by atomic mass is 10.1. The van der Waals surface area contributed by atoms with Gasteiger partial charge in [0, 0.05) is 6.20 Å². The monoisotopic (exact) mass is 373 g/mol. The van der Waals surface area contributed by atoms with Gasteiger partial charge in [0.05, 0.1) is 18.7 Å². The standard InChI is InChI=1S/C15H23N3O8/c1-15(2,3)26-14(24)16-4-7-5-18(13(23)17-11(7)22)12-10(21)9(20)8(6-19)25-12/h5,8-10,12,19-21H,4,6H2,1-3H3,(H,16,24)(H,17,22,23)/t8-,9-,10-,12-/m1/s1. The van der Waals surface area contributed by atoms with Gasteiger partial charge in [-0.05, 0) is 20.8 Å². The van der Waals surface area contributed by atoms with Crippen molar-refractivity contribution in [3.63, 3.8) is 0 Å². The number of rotatable bonds is 4. The molecule has 1 saturated heterocycles. The Morgan fingerprint density at radius 3 is 2.54 bits per heavy atom. The van der Waals surface area contributed by atoms with Crippen LogP contribution in [0.5, 0.6) is 0 Å². The zero-order chi connectivity index (χ0) is 19.6. The van der Waals surface area contributed by atoms with Crippen molar-refractivity contribution in [3.05, 3.63) is 32.6 Å². The van der Waals surface area contributed by atoms with E-state index in [1.165, 1.54) is 0 Å². The number of amides is 1. The Balaban J connectivity index is 2.21. The first kappa shape index (κ1) is 20.1. The summed E-state index contributed by atoms with van der Waals surface area (Å²) in [5, 5.41) is 31.3. The Hall–Kier alpha value is -2.21. The molecule has 1 fully saturated rings. The number of aromatic amines is 1. The highest BCUT2D eigenvalue weighted by molar-refractivity contribution is 5.67. The van der Waals surface area contributed by atoms with Crippen LogP contribution in [0, 0.1) is 0 Å². The molecule has 0 radical (unpaired) electrons. The number of alkyl carbamates (subject to hydrolysis) is 1. The lowest BCUT2D eigenvalue weighted by Gasteiger charge is -2.20. The molecule has 1 amide bonds. The third-order valence-corrected chi connectivity index (χ3v) is 3.65. The Kier molecular flexibility index (Phi) is 5.86. The lowest BCUT2D eigenvalue weighted by molar-refractivity contribution is -0.0551. The Labute approximate surface area is 148 Å². The van der Waals surface area contributed by atoms with E-state index in [1.807, 2.05) is 4.98 Å². The normalized spacial score (nSPS) is 25.9. The molecule has 1 aromatic rings. The first-order chi connectivity index (χ1) is 12.0. The number of aliphatic hydroxyl groups is 3. The van der Waals surface area contributed by atoms with Gasteiger partial charge in [-0.15, -0.1) is 0 Å². The fraction of sp³-hybridized carbons (Fsp3) is 0.667. The summed E-state index contributed by atoms with van der Waals surface area (Å²) in [6.45, 7) is 4.25. The van der Waals surface area contributed by atoms with Crippen molar-refractivity contribution in [1.82, 2.24) is 14.9 Å². The van der Waals surface area contributed by atoms with Crippen molar-refractivity contribution in [1.29, 1.82) is 0 Å². The van der Waals surface area contributed by atoms with Crippen molar-refractivity contribution in [2.24, 2.45) is 0 Å². The van der Waals surface area contributed by atoms with Gasteiger partial charge in [0.25, 0.3) is 5.56 Å². The van der Waals surface area contributed by atoms with E-state index in [4.69, 9.17) is 14.6 Å². The van der Waals surface area contributed by atoms with Crippen LogP contribution >= 0.6 is 0 Å². The van der Waals surface area contributed by atoms with Gasteiger partial charge >= 0.3 is 11.8 Å². The maximum absolute atomic E-state index is 12.0. The molecule has 0 spiro atoms. The summed E-state index contributed by atoms with van der Waals surface area (Å²) < 4.78 is 11.2. The topological polar surface area (TPSA) is 163 Å². The second-order valence-electron chi connectivity index (χ2n) is 6.91. The first-order valence-electron chi connectivity index (χ1n) is 7.97. The quantitative estimate of drug-likeness (QED) is 0.411. The molecule has 11 heteroatoms. The highest BCUT2D eigenvalue weighted by atomic mass is 16.6. The van der Waals surface area contributed by atoms with E-state index in [2.05, 4.69) is 5.32 Å². The van der Waals surface area contributed by atoms with Crippen LogP contribution in [-0.2, 0) is 16.0 Å². The SMILES string of the molecule is CC(C)(C)OC(=O)NCc1cn([C@@H]2O[C@H](CO)[C@@H](O)[C@H]2O)c(=O)[nH]c1=O. The summed E-state index contributed by atoms with van der Waals surface area (Å²) in [5.74, 6) is 0. The minimum atomic E-state index is -1.48. The number of nitrogens with one attached hydrogen (secondary N) is 2. The van der Waals surface area contributed by atoms with Gasteiger partial charge in [-0.25, -0.2) is 9.59 Å². The van der Waals surface area contributed by atoms with Crippen molar-refractivity contribution in [2.75, 3.05) is 6.61 Å². The molecule has 1 aliphatic rings. The highest BCUT2D eigenvalue weighted by Crippen LogP contribution is 2.27. The zero-order valence-electron chi connectivity index (χ0n) is 14.6. The maximum Gasteiger partial charge on any atom is 0.407 e. The molecule has 2 rings (SSSR count). The highest BCUT2D eigenvalue weighted by Gasteiger charge is 2.43. The maximum atomic E-state index is 12.0. The van der Waals surface area contributed by atoms with Crippen molar-refractivity contribution >= 4 is 6.09 Å². The number of aromatic nitrogens is 2. The van der Waals surface area contributed by atoms with E-state index in [1.54, 1.807) is 20.8 Å². The van der Waals surface area contributed by atoms with Crippen LogP contribution in [0.15, 0.2) is 15.8 Å². The Morgan fingerprint density at radius 2 is 2.00 bits per heavy atom. The number of carbonyl (C=O) groups is 1. The number of H-pyrrole nitrogens is 1. The van der Waals surface area contributed by atoms with Gasteiger partial charge < -0.3 is 30.1 Å². The second-order valence-corrected chi connectivity index (χ2v) is 6.91. The molecule has 146 valence electrons. The van der Waals surface area contributed by atoms with Crippen LogP contribution in [0.1, 0.15) is 32.6 Å². The minimum absolute atomic E-state index is 0.00759. The third kappa shape index (κ3) is 4.49. The van der Waals surface area contributed by atoms with Gasteiger partial charge in [0.2, 0.25) is 0 Å². The number of hydrogen-bond acceptors (Lipinski definition) is 8. The molecule has 26 heavy (non-hydrogen) atoms. The predicted molar refractivity (Wildman–Crippen MR) is 87.4 cm³/mol. The van der Waals surface area contributed by atoms with Crippen LogP contribution in [0.3, 0.4) is 0 Å². The summed E-state index contributed by atoms with van der Waals surface area (Å²) in [7, 11) is 0. The molecular formula is C15H23N3O8. The minimum Gasteiger partial charge on any atom is -0.444 e. The van der Waals surface area contributed by atoms with Gasteiger partial charge in [0.1, 0.15) is 23.9 Å². The molecule has 0 aliphatic carbocycles. The molecule has 5 N–H and O–H groups in total. The van der Waals surface area contributed by atoms with Gasteiger partial charge in [-0.2, -0.15) is 0 Å². The number of aliphatic hydroxyl groups excluding tert-OH is 3. The zero-order valence-corrected chi connectivity index (χ0v) is 14.6. The second kappa shape index (κ2) is 7.58. The molecule has 0 unspecified atom stereocenters. The van der Waals surface area contributed by atoms with Crippen LogP contribution in [-0.4, -0.2) is 61.5 Å². The van der Waals surface area contributed by atoms with Gasteiger partial charge in [-0.3, -0.25) is 14.3 Å². The molecule has 0 aromatic carbocycles. The summed E-state index contributed by atoms with van der Waals surface area (Å²) in [4.78, 5) is 37.7. The van der Waals surface area contributed by atoms with Crippen molar-refractivity contribution in [2.45, 2.75) is 57.5 Å². The third-order valence-electron chi connectivity index (χ3n) is 3.65. The van der Waals surface area contributed by atoms with Crippen molar-refractivity contribution < 1.29 is 29.6 Å². The number of nitrogens with zero attached hydrogens (tertiary/aromatic N) is 1. The molecule has 0 bridgehead atoms. The average molecular weight is 373 g/mol. The number of ether oxygens (including phenoxy) is 2. The number of carbonyl (C=O) groups excluding carboxylic acids is 1. The summed E-state index contributed by atoms with van der Waals surface area (Å²) in [6.07, 6.45) is -4.89. The van der Waals surface area contributed by atoms with E-state index in [0.29, 0.717) is 0 Å². The van der Waals surface area contributed by atoms with E-state index >= 15 is 0 Å². The summed E-state index contributed by atoms with van der Waals surface area (Å²) in [5.41, 5.74) is -2.31. The fourth-order valence-electron chi connectivity index (χ4n) is 2.43. The Morgan fingerprint density at radius 1 is 1.35 bits per heavy atom. The average Bonchev–Trinajstić information content (AvgIpc) is 2.80. The largest absolute Gasteiger partial charge is 0.444 e. The number of hydrogen-bond donors (Lipinski definition) is 5. The van der Waals surface area contributed by atoms with E-state index < -0.39 is 54.1 Å². The van der Waals surface area contributed by atoms with Gasteiger partial charge in [-0.1, -0.05) is 0 Å². The van der Waals surface area contributed by atoms with E-state index in [9.17, 15) is 24.6 Å². The van der Waals surface area contributed by atoms with Gasteiger partial charge in [0.15, 0.2) is 6.23 Å².